The molecule has 0 saturated carbocycles. The van der Waals surface area contributed by atoms with E-state index < -0.39 is 0 Å². The summed E-state index contributed by atoms with van der Waals surface area (Å²) in [5, 5.41) is 4.30. The van der Waals surface area contributed by atoms with Gasteiger partial charge in [0.1, 0.15) is 0 Å². The molecule has 0 unspecified atom stereocenters. The van der Waals surface area contributed by atoms with Crippen LogP contribution in [0, 0.1) is 0 Å². The number of carbonyl (C=O) groups excluding carboxylic acids is 1. The Bertz CT molecular complexity index is 904. The molecule has 0 saturated heterocycles. The maximum Gasteiger partial charge on any atom is 0.336 e. The fraction of sp³-hybridized carbons (Fsp3) is 0.250. The molecule has 3 aromatic rings. The van der Waals surface area contributed by atoms with Crippen molar-refractivity contribution in [2.45, 2.75) is 26.7 Å². The summed E-state index contributed by atoms with van der Waals surface area (Å²) < 4.78 is 7.58. The van der Waals surface area contributed by atoms with Gasteiger partial charge in [0.15, 0.2) is 5.82 Å². The van der Waals surface area contributed by atoms with Gasteiger partial charge in [0.05, 0.1) is 12.2 Å². The Morgan fingerprint density at radius 1 is 1.12 bits per heavy atom. The summed E-state index contributed by atoms with van der Waals surface area (Å²) in [4.78, 5) is 17.5. The Hall–Kier alpha value is -2.47. The summed E-state index contributed by atoms with van der Waals surface area (Å²) in [7, 11) is 0. The molecular formula is C20H20BrN3O2. The number of hydrogen-bond donors (Lipinski definition) is 0. The summed E-state index contributed by atoms with van der Waals surface area (Å²) in [5.74, 6) is 0.213. The first kappa shape index (κ1) is 18.3. The number of hydrogen-bond acceptors (Lipinski definition) is 4. The minimum Gasteiger partial charge on any atom is -0.462 e. The molecule has 0 N–H and O–H groups in total. The van der Waals surface area contributed by atoms with Crippen LogP contribution in [0.15, 0.2) is 53.0 Å². The number of aryl methyl sites for hydroxylation is 1. The summed E-state index contributed by atoms with van der Waals surface area (Å²) in [6.45, 7) is 4.61. The largest absolute Gasteiger partial charge is 0.462 e. The van der Waals surface area contributed by atoms with Gasteiger partial charge in [0.2, 0.25) is 0 Å². The predicted octanol–water partition coefficient (Wildman–Crippen LogP) is 4.75. The fourth-order valence-electron chi connectivity index (χ4n) is 2.51. The zero-order valence-electron chi connectivity index (χ0n) is 14.8. The molecular weight excluding hydrogens is 394 g/mol. The highest BCUT2D eigenvalue weighted by molar-refractivity contribution is 9.10. The van der Waals surface area contributed by atoms with Crippen molar-refractivity contribution in [1.29, 1.82) is 0 Å². The number of benzene rings is 2. The molecule has 6 heteroatoms. The van der Waals surface area contributed by atoms with E-state index in [-0.39, 0.29) is 11.9 Å². The second-order valence-corrected chi connectivity index (χ2v) is 6.67. The van der Waals surface area contributed by atoms with E-state index >= 15 is 0 Å². The van der Waals surface area contributed by atoms with E-state index in [0.717, 1.165) is 18.4 Å². The SMILES string of the molecule is CCCOc1nc(-c2ccc(CC)cc2)n(C(=O)c2ccccc2Br)n1. The van der Waals surface area contributed by atoms with Crippen LogP contribution < -0.4 is 4.74 Å². The van der Waals surface area contributed by atoms with Crippen molar-refractivity contribution in [3.8, 4) is 17.4 Å². The summed E-state index contributed by atoms with van der Waals surface area (Å²) >= 11 is 3.43. The van der Waals surface area contributed by atoms with E-state index in [4.69, 9.17) is 4.74 Å². The van der Waals surface area contributed by atoms with Crippen molar-refractivity contribution in [2.75, 3.05) is 6.61 Å². The highest BCUT2D eigenvalue weighted by Gasteiger charge is 2.21. The van der Waals surface area contributed by atoms with Gasteiger partial charge in [0.25, 0.3) is 5.91 Å². The molecule has 2 aromatic carbocycles. The maximum absolute atomic E-state index is 13.0. The highest BCUT2D eigenvalue weighted by atomic mass is 79.9. The first-order valence-electron chi connectivity index (χ1n) is 8.62. The van der Waals surface area contributed by atoms with Gasteiger partial charge < -0.3 is 4.74 Å². The minimum atomic E-state index is -0.258. The van der Waals surface area contributed by atoms with Gasteiger partial charge in [0, 0.05) is 10.0 Å². The van der Waals surface area contributed by atoms with E-state index in [9.17, 15) is 4.79 Å². The summed E-state index contributed by atoms with van der Waals surface area (Å²) in [6, 6.07) is 15.4. The molecule has 0 atom stereocenters. The van der Waals surface area contributed by atoms with Gasteiger partial charge in [-0.1, -0.05) is 50.2 Å². The molecule has 0 fully saturated rings. The number of halogens is 1. The van der Waals surface area contributed by atoms with E-state index in [1.54, 1.807) is 6.07 Å². The third kappa shape index (κ3) is 3.85. The lowest BCUT2D eigenvalue weighted by Gasteiger charge is -2.06. The van der Waals surface area contributed by atoms with E-state index in [2.05, 4.69) is 32.9 Å². The number of carbonyl (C=O) groups is 1. The molecule has 3 rings (SSSR count). The topological polar surface area (TPSA) is 57.0 Å². The number of aromatic nitrogens is 3. The molecule has 0 spiro atoms. The zero-order valence-corrected chi connectivity index (χ0v) is 16.4. The minimum absolute atomic E-state index is 0.210. The average Bonchev–Trinajstić information content (AvgIpc) is 3.10. The first-order chi connectivity index (χ1) is 12.6. The van der Waals surface area contributed by atoms with Crippen LogP contribution >= 0.6 is 15.9 Å². The van der Waals surface area contributed by atoms with Crippen LogP contribution in [-0.4, -0.2) is 27.3 Å². The van der Waals surface area contributed by atoms with Crippen LogP contribution in [0.25, 0.3) is 11.4 Å². The van der Waals surface area contributed by atoms with Gasteiger partial charge in [-0.05, 0) is 46.5 Å². The fourth-order valence-corrected chi connectivity index (χ4v) is 2.97. The van der Waals surface area contributed by atoms with Gasteiger partial charge in [-0.25, -0.2) is 0 Å². The number of ether oxygens (including phenoxy) is 1. The zero-order chi connectivity index (χ0) is 18.5. The van der Waals surface area contributed by atoms with Gasteiger partial charge in [-0.2, -0.15) is 9.67 Å². The second kappa shape index (κ2) is 8.27. The maximum atomic E-state index is 13.0. The molecule has 0 bridgehead atoms. The van der Waals surface area contributed by atoms with Crippen LogP contribution in [0.4, 0.5) is 0 Å². The molecule has 0 aliphatic carbocycles. The van der Waals surface area contributed by atoms with Crippen molar-refractivity contribution < 1.29 is 9.53 Å². The lowest BCUT2D eigenvalue weighted by molar-refractivity contribution is 0.0944. The lowest BCUT2D eigenvalue weighted by atomic mass is 10.1. The highest BCUT2D eigenvalue weighted by Crippen LogP contribution is 2.24. The Kier molecular flexibility index (Phi) is 5.83. The molecule has 0 amide bonds. The Morgan fingerprint density at radius 2 is 1.85 bits per heavy atom. The number of nitrogens with zero attached hydrogens (tertiary/aromatic N) is 3. The van der Waals surface area contributed by atoms with Crippen molar-refractivity contribution in [3.05, 3.63) is 64.1 Å². The van der Waals surface area contributed by atoms with Crippen molar-refractivity contribution in [1.82, 2.24) is 14.8 Å². The van der Waals surface area contributed by atoms with E-state index in [1.807, 2.05) is 49.4 Å². The molecule has 0 aliphatic rings. The van der Waals surface area contributed by atoms with E-state index in [1.165, 1.54) is 10.2 Å². The molecule has 1 aromatic heterocycles. The van der Waals surface area contributed by atoms with E-state index in [0.29, 0.717) is 22.5 Å². The second-order valence-electron chi connectivity index (χ2n) is 5.81. The van der Waals surface area contributed by atoms with Crippen LogP contribution in [0.3, 0.4) is 0 Å². The van der Waals surface area contributed by atoms with Crippen molar-refractivity contribution in [2.24, 2.45) is 0 Å². The van der Waals surface area contributed by atoms with Gasteiger partial charge in [-0.3, -0.25) is 4.79 Å². The Morgan fingerprint density at radius 3 is 2.50 bits per heavy atom. The smallest absolute Gasteiger partial charge is 0.336 e. The monoisotopic (exact) mass is 413 g/mol. The Balaban J connectivity index is 2.05. The van der Waals surface area contributed by atoms with Gasteiger partial charge in [-0.15, -0.1) is 5.10 Å². The van der Waals surface area contributed by atoms with Crippen molar-refractivity contribution >= 4 is 21.8 Å². The lowest BCUT2D eigenvalue weighted by Crippen LogP contribution is -2.16. The van der Waals surface area contributed by atoms with Crippen molar-refractivity contribution in [3.63, 3.8) is 0 Å². The van der Waals surface area contributed by atoms with Crippen LogP contribution in [0.5, 0.6) is 6.01 Å². The first-order valence-corrected chi connectivity index (χ1v) is 9.41. The number of rotatable bonds is 6. The molecule has 5 nitrogen and oxygen atoms in total. The summed E-state index contributed by atoms with van der Waals surface area (Å²) in [5.41, 5.74) is 2.56. The van der Waals surface area contributed by atoms with Crippen LogP contribution in [0.1, 0.15) is 36.2 Å². The normalized spacial score (nSPS) is 10.7. The van der Waals surface area contributed by atoms with Crippen LogP contribution in [-0.2, 0) is 6.42 Å². The predicted molar refractivity (Wildman–Crippen MR) is 104 cm³/mol. The average molecular weight is 414 g/mol. The molecule has 0 aliphatic heterocycles. The summed E-state index contributed by atoms with van der Waals surface area (Å²) in [6.07, 6.45) is 1.79. The molecule has 0 radical (unpaired) electrons. The molecule has 26 heavy (non-hydrogen) atoms. The molecule has 1 heterocycles. The Labute approximate surface area is 161 Å². The third-order valence-electron chi connectivity index (χ3n) is 3.94. The quantitative estimate of drug-likeness (QED) is 0.584. The van der Waals surface area contributed by atoms with Crippen LogP contribution in [0.2, 0.25) is 0 Å². The standard InChI is InChI=1S/C20H20BrN3O2/c1-3-13-26-20-22-18(15-11-9-14(4-2)10-12-15)24(23-20)19(25)16-7-5-6-8-17(16)21/h5-12H,3-4,13H2,1-2H3. The third-order valence-corrected chi connectivity index (χ3v) is 4.63. The van der Waals surface area contributed by atoms with Gasteiger partial charge >= 0.3 is 6.01 Å². The molecule has 134 valence electrons.